The third-order valence-corrected chi connectivity index (χ3v) is 3.82. The van der Waals surface area contributed by atoms with Crippen molar-refractivity contribution in [3.8, 4) is 0 Å². The Kier molecular flexibility index (Phi) is 4.30. The van der Waals surface area contributed by atoms with Crippen LogP contribution >= 0.6 is 11.6 Å². The van der Waals surface area contributed by atoms with Gasteiger partial charge in [-0.25, -0.2) is 4.79 Å². The zero-order chi connectivity index (χ0) is 14.8. The number of carbonyl (C=O) groups excluding carboxylic acids is 1. The highest BCUT2D eigenvalue weighted by Gasteiger charge is 2.34. The molecule has 1 unspecified atom stereocenters. The quantitative estimate of drug-likeness (QED) is 0.801. The van der Waals surface area contributed by atoms with Crippen molar-refractivity contribution < 1.29 is 14.7 Å². The number of carboxylic acid groups (broad SMARTS) is 1. The van der Waals surface area contributed by atoms with Crippen molar-refractivity contribution in [3.63, 3.8) is 0 Å². The summed E-state index contributed by atoms with van der Waals surface area (Å²) in [7, 11) is 0. The van der Waals surface area contributed by atoms with Gasteiger partial charge in [0.25, 0.3) is 0 Å². The zero-order valence-corrected chi connectivity index (χ0v) is 12.0. The van der Waals surface area contributed by atoms with Gasteiger partial charge < -0.3 is 15.7 Å². The number of piperidine rings is 1. The average Bonchev–Trinajstić information content (AvgIpc) is 2.41. The molecule has 0 saturated carbocycles. The third-order valence-electron chi connectivity index (χ3n) is 3.58. The van der Waals surface area contributed by atoms with Gasteiger partial charge in [-0.2, -0.15) is 0 Å². The summed E-state index contributed by atoms with van der Waals surface area (Å²) in [6, 6.07) is 4.40. The Balaban J connectivity index is 2.21. The van der Waals surface area contributed by atoms with E-state index in [2.05, 4.69) is 10.6 Å². The monoisotopic (exact) mass is 296 g/mol. The minimum Gasteiger partial charge on any atom is -0.478 e. The van der Waals surface area contributed by atoms with Crippen LogP contribution in [0.1, 0.15) is 36.5 Å². The Morgan fingerprint density at radius 2 is 2.15 bits per heavy atom. The van der Waals surface area contributed by atoms with E-state index in [1.54, 1.807) is 6.07 Å². The van der Waals surface area contributed by atoms with Gasteiger partial charge in [-0.3, -0.25) is 4.79 Å². The van der Waals surface area contributed by atoms with Gasteiger partial charge in [0.1, 0.15) is 0 Å². The molecule has 1 aliphatic heterocycles. The number of carbonyl (C=O) groups is 2. The van der Waals surface area contributed by atoms with Crippen molar-refractivity contribution in [2.75, 3.05) is 11.9 Å². The number of hydrogen-bond acceptors (Lipinski definition) is 3. The van der Waals surface area contributed by atoms with E-state index >= 15 is 0 Å². The van der Waals surface area contributed by atoms with Crippen molar-refractivity contribution in [2.45, 2.75) is 31.7 Å². The number of benzene rings is 1. The fourth-order valence-corrected chi connectivity index (χ4v) is 2.48. The fraction of sp³-hybridized carbons (Fsp3) is 0.429. The topological polar surface area (TPSA) is 78.4 Å². The van der Waals surface area contributed by atoms with Crippen LogP contribution in [0.15, 0.2) is 18.2 Å². The predicted molar refractivity (Wildman–Crippen MR) is 77.3 cm³/mol. The molecule has 20 heavy (non-hydrogen) atoms. The van der Waals surface area contributed by atoms with Crippen LogP contribution in [0.3, 0.4) is 0 Å². The molecule has 1 heterocycles. The molecule has 1 aliphatic rings. The van der Waals surface area contributed by atoms with Gasteiger partial charge in [-0.1, -0.05) is 11.6 Å². The minimum atomic E-state index is -1.12. The molecule has 3 N–H and O–H groups in total. The lowest BCUT2D eigenvalue weighted by Gasteiger charge is -2.33. The first-order chi connectivity index (χ1) is 9.42. The van der Waals surface area contributed by atoms with E-state index in [0.29, 0.717) is 5.02 Å². The molecule has 1 aromatic carbocycles. The fourth-order valence-electron chi connectivity index (χ4n) is 2.31. The Morgan fingerprint density at radius 3 is 2.75 bits per heavy atom. The van der Waals surface area contributed by atoms with Crippen LogP contribution < -0.4 is 10.6 Å². The number of hydrogen-bond donors (Lipinski definition) is 3. The lowest BCUT2D eigenvalue weighted by Crippen LogP contribution is -2.54. The highest BCUT2D eigenvalue weighted by atomic mass is 35.5. The summed E-state index contributed by atoms with van der Waals surface area (Å²) in [5.41, 5.74) is -0.404. The maximum atomic E-state index is 12.3. The lowest BCUT2D eigenvalue weighted by atomic mass is 9.90. The molecular formula is C14H17ClN2O3. The number of anilines is 1. The van der Waals surface area contributed by atoms with Crippen LogP contribution in [0, 0.1) is 0 Å². The SMILES string of the molecule is CC1(C(=O)Nc2ccc(Cl)cc2C(=O)O)CCCCN1. The molecule has 6 heteroatoms. The van der Waals surface area contributed by atoms with Gasteiger partial charge in [0.2, 0.25) is 5.91 Å². The molecule has 1 amide bonds. The Labute approximate surface area is 122 Å². The number of nitrogens with one attached hydrogen (secondary N) is 2. The average molecular weight is 297 g/mol. The summed E-state index contributed by atoms with van der Waals surface area (Å²) in [6.45, 7) is 2.62. The van der Waals surface area contributed by atoms with E-state index in [4.69, 9.17) is 16.7 Å². The highest BCUT2D eigenvalue weighted by molar-refractivity contribution is 6.31. The van der Waals surface area contributed by atoms with Crippen molar-refractivity contribution in [1.82, 2.24) is 5.32 Å². The highest BCUT2D eigenvalue weighted by Crippen LogP contribution is 2.24. The Bertz CT molecular complexity index is 539. The summed E-state index contributed by atoms with van der Waals surface area (Å²) in [5, 5.41) is 15.4. The van der Waals surface area contributed by atoms with Crippen LogP contribution in [0.5, 0.6) is 0 Å². The predicted octanol–water partition coefficient (Wildman–Crippen LogP) is 2.51. The van der Waals surface area contributed by atoms with Gasteiger partial charge in [0.05, 0.1) is 16.8 Å². The molecule has 1 saturated heterocycles. The van der Waals surface area contributed by atoms with Crippen molar-refractivity contribution in [2.24, 2.45) is 0 Å². The van der Waals surface area contributed by atoms with Gasteiger partial charge in [0, 0.05) is 5.02 Å². The molecule has 0 radical (unpaired) electrons. The second kappa shape index (κ2) is 5.81. The molecule has 1 fully saturated rings. The Hall–Kier alpha value is -1.59. The molecule has 1 atom stereocenters. The van der Waals surface area contributed by atoms with Gasteiger partial charge in [0.15, 0.2) is 0 Å². The van der Waals surface area contributed by atoms with E-state index in [0.717, 1.165) is 25.8 Å². The summed E-state index contributed by atoms with van der Waals surface area (Å²) >= 11 is 5.79. The first-order valence-corrected chi connectivity index (χ1v) is 6.89. The van der Waals surface area contributed by atoms with E-state index in [-0.39, 0.29) is 17.2 Å². The molecular weight excluding hydrogens is 280 g/mol. The number of halogens is 1. The zero-order valence-electron chi connectivity index (χ0n) is 11.2. The standard InChI is InChI=1S/C14H17ClN2O3/c1-14(6-2-3-7-16-14)13(20)17-11-5-4-9(15)8-10(11)12(18)19/h4-5,8,16H,2-3,6-7H2,1H3,(H,17,20)(H,18,19). The summed E-state index contributed by atoms with van der Waals surface area (Å²) < 4.78 is 0. The summed E-state index contributed by atoms with van der Waals surface area (Å²) in [6.07, 6.45) is 2.75. The van der Waals surface area contributed by atoms with E-state index in [1.165, 1.54) is 12.1 Å². The lowest BCUT2D eigenvalue weighted by molar-refractivity contribution is -0.122. The maximum absolute atomic E-state index is 12.3. The normalized spacial score (nSPS) is 22.3. The van der Waals surface area contributed by atoms with E-state index < -0.39 is 11.5 Å². The van der Waals surface area contributed by atoms with Crippen molar-refractivity contribution in [1.29, 1.82) is 0 Å². The molecule has 0 spiro atoms. The molecule has 0 aromatic heterocycles. The number of rotatable bonds is 3. The first kappa shape index (κ1) is 14.8. The summed E-state index contributed by atoms with van der Waals surface area (Å²) in [5.74, 6) is -1.34. The van der Waals surface area contributed by atoms with Crippen molar-refractivity contribution in [3.05, 3.63) is 28.8 Å². The third kappa shape index (κ3) is 3.11. The first-order valence-electron chi connectivity index (χ1n) is 6.52. The van der Waals surface area contributed by atoms with Crippen LogP contribution in [-0.4, -0.2) is 29.1 Å². The minimum absolute atomic E-state index is 0.00902. The maximum Gasteiger partial charge on any atom is 0.337 e. The number of carboxylic acids is 1. The van der Waals surface area contributed by atoms with Gasteiger partial charge >= 0.3 is 5.97 Å². The largest absolute Gasteiger partial charge is 0.478 e. The second-order valence-corrected chi connectivity index (χ2v) is 5.60. The van der Waals surface area contributed by atoms with Crippen LogP contribution in [0.2, 0.25) is 5.02 Å². The van der Waals surface area contributed by atoms with Gasteiger partial charge in [-0.15, -0.1) is 0 Å². The Morgan fingerprint density at radius 1 is 1.40 bits per heavy atom. The molecule has 0 aliphatic carbocycles. The molecule has 5 nitrogen and oxygen atoms in total. The molecule has 1 aromatic rings. The molecule has 0 bridgehead atoms. The number of amides is 1. The molecule has 108 valence electrons. The smallest absolute Gasteiger partial charge is 0.337 e. The second-order valence-electron chi connectivity index (χ2n) is 5.17. The van der Waals surface area contributed by atoms with Crippen LogP contribution in [0.25, 0.3) is 0 Å². The van der Waals surface area contributed by atoms with Gasteiger partial charge in [-0.05, 0) is 50.9 Å². The van der Waals surface area contributed by atoms with E-state index in [1.807, 2.05) is 6.92 Å². The summed E-state index contributed by atoms with van der Waals surface area (Å²) in [4.78, 5) is 23.5. The van der Waals surface area contributed by atoms with E-state index in [9.17, 15) is 9.59 Å². The van der Waals surface area contributed by atoms with Crippen LogP contribution in [0.4, 0.5) is 5.69 Å². The number of aromatic carboxylic acids is 1. The molecule has 2 rings (SSSR count). The van der Waals surface area contributed by atoms with Crippen LogP contribution in [-0.2, 0) is 4.79 Å². The van der Waals surface area contributed by atoms with Crippen molar-refractivity contribution >= 4 is 29.2 Å².